The zero-order valence-corrected chi connectivity index (χ0v) is 13.9. The fourth-order valence-electron chi connectivity index (χ4n) is 2.16. The molecule has 2 rings (SSSR count). The number of primary sulfonamides is 1. The average Bonchev–Trinajstić information content (AvgIpc) is 2.53. The minimum absolute atomic E-state index is 0.120. The third kappa shape index (κ3) is 4.80. The van der Waals surface area contributed by atoms with Crippen LogP contribution in [0.3, 0.4) is 0 Å². The summed E-state index contributed by atoms with van der Waals surface area (Å²) < 4.78 is 60.9. The smallest absolute Gasteiger partial charge is 0.346 e. The maximum Gasteiger partial charge on any atom is 0.416 e. The Hall–Kier alpha value is -2.39. The van der Waals surface area contributed by atoms with Crippen LogP contribution >= 0.6 is 0 Å². The molecule has 0 aliphatic heterocycles. The number of carbonyl (C=O) groups is 1. The van der Waals surface area contributed by atoms with Crippen LogP contribution in [0.4, 0.5) is 13.2 Å². The summed E-state index contributed by atoms with van der Waals surface area (Å²) in [6, 6.07) is 9.03. The fourth-order valence-corrected chi connectivity index (χ4v) is 2.73. The van der Waals surface area contributed by atoms with Gasteiger partial charge in [0.2, 0.25) is 10.0 Å². The highest BCUT2D eigenvalue weighted by Gasteiger charge is 2.31. The van der Waals surface area contributed by atoms with Gasteiger partial charge in [0.25, 0.3) is 5.91 Å². The van der Waals surface area contributed by atoms with Gasteiger partial charge in [-0.05, 0) is 42.8 Å². The molecule has 0 saturated heterocycles. The van der Waals surface area contributed by atoms with Crippen LogP contribution in [-0.2, 0) is 16.2 Å². The first-order chi connectivity index (χ1) is 11.5. The summed E-state index contributed by atoms with van der Waals surface area (Å²) in [4.78, 5) is 12.0. The number of rotatable bonds is 4. The maximum atomic E-state index is 12.7. The molecule has 0 aliphatic rings. The van der Waals surface area contributed by atoms with Crippen molar-refractivity contribution in [3.63, 3.8) is 0 Å². The van der Waals surface area contributed by atoms with Crippen LogP contribution in [0.5, 0.6) is 0 Å². The van der Waals surface area contributed by atoms with Gasteiger partial charge in [-0.15, -0.1) is 0 Å². The molecule has 25 heavy (non-hydrogen) atoms. The van der Waals surface area contributed by atoms with E-state index in [1.165, 1.54) is 24.3 Å². The van der Waals surface area contributed by atoms with Crippen LogP contribution in [-0.4, -0.2) is 14.3 Å². The average molecular weight is 372 g/mol. The third-order valence-corrected chi connectivity index (χ3v) is 4.40. The predicted octanol–water partition coefficient (Wildman–Crippen LogP) is 2.84. The second-order valence-electron chi connectivity index (χ2n) is 5.39. The zero-order chi connectivity index (χ0) is 18.8. The van der Waals surface area contributed by atoms with E-state index in [4.69, 9.17) is 5.14 Å². The Morgan fingerprint density at radius 2 is 1.76 bits per heavy atom. The maximum absolute atomic E-state index is 12.7. The topological polar surface area (TPSA) is 89.3 Å². The van der Waals surface area contributed by atoms with Crippen molar-refractivity contribution in [1.29, 1.82) is 0 Å². The Morgan fingerprint density at radius 3 is 2.36 bits per heavy atom. The zero-order valence-electron chi connectivity index (χ0n) is 13.0. The molecule has 0 heterocycles. The van der Waals surface area contributed by atoms with Gasteiger partial charge in [-0.3, -0.25) is 4.79 Å². The van der Waals surface area contributed by atoms with Crippen molar-refractivity contribution in [2.45, 2.75) is 24.0 Å². The molecule has 1 unspecified atom stereocenters. The highest BCUT2D eigenvalue weighted by molar-refractivity contribution is 7.89. The molecule has 9 heteroatoms. The van der Waals surface area contributed by atoms with Crippen LogP contribution in [0.25, 0.3) is 0 Å². The molecule has 0 fully saturated rings. The number of nitrogens with two attached hydrogens (primary N) is 1. The largest absolute Gasteiger partial charge is 0.416 e. The number of amides is 1. The van der Waals surface area contributed by atoms with E-state index in [0.29, 0.717) is 5.56 Å². The van der Waals surface area contributed by atoms with Crippen molar-refractivity contribution >= 4 is 15.9 Å². The lowest BCUT2D eigenvalue weighted by molar-refractivity contribution is -0.137. The van der Waals surface area contributed by atoms with Crippen LogP contribution in [0.1, 0.15) is 34.5 Å². The van der Waals surface area contributed by atoms with E-state index in [-0.39, 0.29) is 10.5 Å². The first-order valence-electron chi connectivity index (χ1n) is 7.09. The second-order valence-corrected chi connectivity index (χ2v) is 6.95. The van der Waals surface area contributed by atoms with Crippen molar-refractivity contribution < 1.29 is 26.4 Å². The van der Waals surface area contributed by atoms with Gasteiger partial charge in [0.05, 0.1) is 16.5 Å². The molecular formula is C16H15F3N2O3S. The summed E-state index contributed by atoms with van der Waals surface area (Å²) in [6.07, 6.45) is -4.55. The molecule has 0 aromatic heterocycles. The normalized spacial score (nSPS) is 13.3. The molecule has 0 radical (unpaired) electrons. The number of sulfonamides is 1. The van der Waals surface area contributed by atoms with Crippen molar-refractivity contribution in [1.82, 2.24) is 5.32 Å². The number of benzene rings is 2. The van der Waals surface area contributed by atoms with Crippen molar-refractivity contribution in [2.24, 2.45) is 5.14 Å². The quantitative estimate of drug-likeness (QED) is 0.865. The molecule has 0 spiro atoms. The molecule has 5 nitrogen and oxygen atoms in total. The van der Waals surface area contributed by atoms with E-state index >= 15 is 0 Å². The molecule has 0 aliphatic carbocycles. The summed E-state index contributed by atoms with van der Waals surface area (Å²) in [5, 5.41) is 7.58. The molecule has 2 aromatic carbocycles. The number of halogens is 3. The number of nitrogens with one attached hydrogen (secondary N) is 1. The SMILES string of the molecule is CC(NC(=O)c1cccc(C(F)(F)F)c1)c1cccc(S(N)(=O)=O)c1. The molecule has 1 amide bonds. The number of alkyl halides is 3. The van der Waals surface area contributed by atoms with Crippen LogP contribution in [0.2, 0.25) is 0 Å². The van der Waals surface area contributed by atoms with Gasteiger partial charge >= 0.3 is 6.18 Å². The van der Waals surface area contributed by atoms with Crippen molar-refractivity contribution in [3.05, 3.63) is 65.2 Å². The lowest BCUT2D eigenvalue weighted by Gasteiger charge is -2.16. The van der Waals surface area contributed by atoms with Gasteiger partial charge in [-0.1, -0.05) is 18.2 Å². The van der Waals surface area contributed by atoms with Crippen molar-refractivity contribution in [2.75, 3.05) is 0 Å². The summed E-state index contributed by atoms with van der Waals surface area (Å²) >= 11 is 0. The summed E-state index contributed by atoms with van der Waals surface area (Å²) in [5.74, 6) is -0.709. The Morgan fingerprint density at radius 1 is 1.12 bits per heavy atom. The van der Waals surface area contributed by atoms with Gasteiger partial charge in [0.15, 0.2) is 0 Å². The van der Waals surface area contributed by atoms with E-state index in [9.17, 15) is 26.4 Å². The number of hydrogen-bond acceptors (Lipinski definition) is 3. The molecule has 134 valence electrons. The highest BCUT2D eigenvalue weighted by atomic mass is 32.2. The van der Waals surface area contributed by atoms with Gasteiger partial charge in [0, 0.05) is 5.56 Å². The number of carbonyl (C=O) groups excluding carboxylic acids is 1. The Balaban J connectivity index is 2.21. The molecule has 3 N–H and O–H groups in total. The standard InChI is InChI=1S/C16H15F3N2O3S/c1-10(11-4-3-7-14(9-11)25(20,23)24)21-15(22)12-5-2-6-13(8-12)16(17,18)19/h2-10H,1H3,(H,21,22)(H2,20,23,24). The van der Waals surface area contributed by atoms with E-state index < -0.39 is 33.7 Å². The first-order valence-corrected chi connectivity index (χ1v) is 8.64. The molecular weight excluding hydrogens is 357 g/mol. The van der Waals surface area contributed by atoms with Gasteiger partial charge in [-0.2, -0.15) is 13.2 Å². The van der Waals surface area contributed by atoms with Crippen LogP contribution in [0.15, 0.2) is 53.4 Å². The van der Waals surface area contributed by atoms with Gasteiger partial charge in [0.1, 0.15) is 0 Å². The molecule has 0 bridgehead atoms. The Labute approximate surface area is 142 Å². The van der Waals surface area contributed by atoms with Crippen molar-refractivity contribution in [3.8, 4) is 0 Å². The highest BCUT2D eigenvalue weighted by Crippen LogP contribution is 2.29. The van der Waals surface area contributed by atoms with Crippen LogP contribution < -0.4 is 10.5 Å². The second kappa shape index (κ2) is 6.85. The first kappa shape index (κ1) is 18.9. The Kier molecular flexibility index (Phi) is 5.19. The fraction of sp³-hybridized carbons (Fsp3) is 0.188. The lowest BCUT2D eigenvalue weighted by Crippen LogP contribution is -2.27. The minimum Gasteiger partial charge on any atom is -0.346 e. The summed E-state index contributed by atoms with van der Waals surface area (Å²) in [6.45, 7) is 1.58. The third-order valence-electron chi connectivity index (χ3n) is 3.49. The monoisotopic (exact) mass is 372 g/mol. The number of hydrogen-bond donors (Lipinski definition) is 2. The van der Waals surface area contributed by atoms with E-state index in [2.05, 4.69) is 5.32 Å². The minimum atomic E-state index is -4.55. The van der Waals surface area contributed by atoms with E-state index in [1.54, 1.807) is 13.0 Å². The molecule has 1 atom stereocenters. The van der Waals surface area contributed by atoms with E-state index in [0.717, 1.165) is 18.2 Å². The summed E-state index contributed by atoms with van der Waals surface area (Å²) in [5.41, 5.74) is -0.625. The summed E-state index contributed by atoms with van der Waals surface area (Å²) in [7, 11) is -3.90. The Bertz CT molecular complexity index is 895. The van der Waals surface area contributed by atoms with Gasteiger partial charge in [-0.25, -0.2) is 13.6 Å². The lowest BCUT2D eigenvalue weighted by atomic mass is 10.1. The predicted molar refractivity (Wildman–Crippen MR) is 85.1 cm³/mol. The van der Waals surface area contributed by atoms with Crippen LogP contribution in [0, 0.1) is 0 Å². The van der Waals surface area contributed by atoms with E-state index in [1.807, 2.05) is 0 Å². The van der Waals surface area contributed by atoms with Gasteiger partial charge < -0.3 is 5.32 Å². The molecule has 0 saturated carbocycles. The molecule has 2 aromatic rings.